The molecule has 16 heteroatoms. The lowest BCUT2D eigenvalue weighted by Crippen LogP contribution is -2.49. The lowest BCUT2D eigenvalue weighted by atomic mass is 10.2. The first-order valence-corrected chi connectivity index (χ1v) is 19.7. The third kappa shape index (κ3) is 9.26. The Hall–Kier alpha value is 0.494. The molecule has 0 aliphatic carbocycles. The highest BCUT2D eigenvalue weighted by atomic mass is 31.2. The Labute approximate surface area is 226 Å². The normalized spacial score (nSPS) is 13.9. The molecule has 0 atom stereocenters. The molecule has 0 saturated heterocycles. The molecule has 0 amide bonds. The van der Waals surface area contributed by atoms with Crippen molar-refractivity contribution in [1.29, 1.82) is 0 Å². The largest absolute Gasteiger partial charge is 0.500 e. The fourth-order valence-electron chi connectivity index (χ4n) is 4.36. The van der Waals surface area contributed by atoms with Gasteiger partial charge in [-0.15, -0.1) is 0 Å². The average Bonchev–Trinajstić information content (AvgIpc) is 2.89. The number of hydrogen-bond acceptors (Lipinski definition) is 12. The van der Waals surface area contributed by atoms with E-state index in [0.717, 1.165) is 0 Å². The molecule has 0 aromatic rings. The lowest BCUT2D eigenvalue weighted by Gasteiger charge is -2.43. The molecule has 0 aliphatic heterocycles. The third-order valence-electron chi connectivity index (χ3n) is 5.83. The summed E-state index contributed by atoms with van der Waals surface area (Å²) in [5, 5.41) is 0. The predicted molar refractivity (Wildman–Crippen MR) is 146 cm³/mol. The smallest absolute Gasteiger partial charge is 0.374 e. The van der Waals surface area contributed by atoms with Gasteiger partial charge in [0.05, 0.1) is 0 Å². The minimum absolute atomic E-state index is 0.0357. The Bertz CT molecular complexity index is 607. The van der Waals surface area contributed by atoms with E-state index in [2.05, 4.69) is 0 Å². The maximum atomic E-state index is 14.3. The van der Waals surface area contributed by atoms with E-state index in [0.29, 0.717) is 39.6 Å². The molecule has 0 spiro atoms. The first kappa shape index (κ1) is 37.5. The molecule has 0 heterocycles. The van der Waals surface area contributed by atoms with Gasteiger partial charge in [0.25, 0.3) is 0 Å². The number of hydrogen-bond donors (Lipinski definition) is 0. The summed E-state index contributed by atoms with van der Waals surface area (Å²) in [5.41, 5.74) is 0. The molecule has 12 nitrogen and oxygen atoms in total. The molecular formula is C21H50O12P2Si2. The zero-order chi connectivity index (χ0) is 28.6. The van der Waals surface area contributed by atoms with Crippen LogP contribution in [0.3, 0.4) is 0 Å². The first-order valence-electron chi connectivity index (χ1n) is 12.8. The Balaban J connectivity index is 7.01. The minimum atomic E-state index is -4.16. The fraction of sp³-hybridized carbons (Fsp3) is 1.00. The van der Waals surface area contributed by atoms with E-state index in [1.807, 2.05) is 41.5 Å². The monoisotopic (exact) mass is 612 g/mol. The van der Waals surface area contributed by atoms with Crippen LogP contribution in [0.1, 0.15) is 54.4 Å². The molecule has 37 heavy (non-hydrogen) atoms. The van der Waals surface area contributed by atoms with Crippen LogP contribution in [0.4, 0.5) is 0 Å². The van der Waals surface area contributed by atoms with Crippen LogP contribution in [0.2, 0.25) is 12.1 Å². The van der Waals surface area contributed by atoms with Gasteiger partial charge in [-0.2, -0.15) is 0 Å². The van der Waals surface area contributed by atoms with Crippen molar-refractivity contribution in [2.75, 3.05) is 68.1 Å². The zero-order valence-corrected chi connectivity index (χ0v) is 28.2. The first-order chi connectivity index (χ1) is 17.5. The van der Waals surface area contributed by atoms with Gasteiger partial charge in [0.1, 0.15) is 0 Å². The van der Waals surface area contributed by atoms with Crippen LogP contribution in [0.5, 0.6) is 0 Å². The molecule has 0 N–H and O–H groups in total. The van der Waals surface area contributed by atoms with Crippen LogP contribution < -0.4 is 0 Å². The molecule has 0 aromatic heterocycles. The van der Waals surface area contributed by atoms with E-state index in [9.17, 15) is 9.13 Å². The molecule has 0 saturated carbocycles. The van der Waals surface area contributed by atoms with Gasteiger partial charge < -0.3 is 44.7 Å². The summed E-state index contributed by atoms with van der Waals surface area (Å²) < 4.78 is 86.7. The van der Waals surface area contributed by atoms with Gasteiger partial charge in [0.15, 0.2) is 4.90 Å². The Morgan fingerprint density at radius 2 is 0.703 bits per heavy atom. The summed E-state index contributed by atoms with van der Waals surface area (Å²) in [4.78, 5) is -1.78. The van der Waals surface area contributed by atoms with Gasteiger partial charge in [0.2, 0.25) is 0 Å². The SMILES string of the molecule is CCO[Si](CCC(CC[Si](OCC)(OCC)OCC)(P(=O)(OC)OC)P(=O)(OC)OC)(OCC)OCC. The Morgan fingerprint density at radius 1 is 0.486 bits per heavy atom. The third-order valence-corrected chi connectivity index (χ3v) is 18.3. The van der Waals surface area contributed by atoms with Crippen molar-refractivity contribution in [1.82, 2.24) is 0 Å². The summed E-state index contributed by atoms with van der Waals surface area (Å²) in [7, 11) is -9.93. The Kier molecular flexibility index (Phi) is 18.3. The fourth-order valence-corrected chi connectivity index (χ4v) is 16.1. The predicted octanol–water partition coefficient (Wildman–Crippen LogP) is 5.53. The highest BCUT2D eigenvalue weighted by Crippen LogP contribution is 2.80. The second kappa shape index (κ2) is 18.0. The van der Waals surface area contributed by atoms with Gasteiger partial charge in [0, 0.05) is 80.2 Å². The van der Waals surface area contributed by atoms with Gasteiger partial charge in [-0.1, -0.05) is 0 Å². The molecule has 224 valence electrons. The average molecular weight is 613 g/mol. The van der Waals surface area contributed by atoms with E-state index in [-0.39, 0.29) is 24.9 Å². The van der Waals surface area contributed by atoms with Crippen molar-refractivity contribution >= 4 is 32.8 Å². The molecule has 0 aromatic carbocycles. The maximum Gasteiger partial charge on any atom is 0.500 e. The topological polar surface area (TPSA) is 126 Å². The number of rotatable bonds is 24. The van der Waals surface area contributed by atoms with E-state index in [1.54, 1.807) is 0 Å². The highest BCUT2D eigenvalue weighted by Gasteiger charge is 2.66. The minimum Gasteiger partial charge on any atom is -0.374 e. The summed E-state index contributed by atoms with van der Waals surface area (Å²) in [6, 6.07) is 0.310. The van der Waals surface area contributed by atoms with E-state index in [1.165, 1.54) is 28.4 Å². The van der Waals surface area contributed by atoms with E-state index < -0.39 is 37.7 Å². The van der Waals surface area contributed by atoms with Crippen molar-refractivity contribution < 1.29 is 53.8 Å². The van der Waals surface area contributed by atoms with Gasteiger partial charge in [-0.25, -0.2) is 0 Å². The van der Waals surface area contributed by atoms with E-state index in [4.69, 9.17) is 44.7 Å². The van der Waals surface area contributed by atoms with E-state index >= 15 is 0 Å². The second-order valence-corrected chi connectivity index (χ2v) is 18.7. The quantitative estimate of drug-likeness (QED) is 0.100. The Morgan fingerprint density at radius 3 is 0.865 bits per heavy atom. The molecule has 0 aliphatic rings. The van der Waals surface area contributed by atoms with Crippen LogP contribution >= 0.6 is 15.2 Å². The van der Waals surface area contributed by atoms with Gasteiger partial charge in [-0.05, 0) is 54.4 Å². The van der Waals surface area contributed by atoms with Crippen LogP contribution in [0.15, 0.2) is 0 Å². The molecule has 0 radical (unpaired) electrons. The van der Waals surface area contributed by atoms with Crippen LogP contribution in [0.25, 0.3) is 0 Å². The maximum absolute atomic E-state index is 14.3. The summed E-state index contributed by atoms with van der Waals surface area (Å²) in [6.45, 7) is 13.1. The second-order valence-electron chi connectivity index (χ2n) is 7.67. The molecular weight excluding hydrogens is 562 g/mol. The lowest BCUT2D eigenvalue weighted by molar-refractivity contribution is 0.0682. The molecule has 0 fully saturated rings. The van der Waals surface area contributed by atoms with Crippen molar-refractivity contribution in [2.45, 2.75) is 71.4 Å². The van der Waals surface area contributed by atoms with Gasteiger partial charge in [-0.3, -0.25) is 9.13 Å². The van der Waals surface area contributed by atoms with Crippen molar-refractivity contribution in [3.8, 4) is 0 Å². The summed E-state index contributed by atoms with van der Waals surface area (Å²) >= 11 is 0. The standard InChI is InChI=1S/C21H50O12P2Si2/c1-11-28-36(29-12-2,30-13-3)19-17-21(34(22,24-7)25-8,35(23,26-9)27-10)18-20-37(31-14-4,32-15-5)33-16-6/h11-20H2,1-10H3. The van der Waals surface area contributed by atoms with Crippen molar-refractivity contribution in [2.24, 2.45) is 0 Å². The summed E-state index contributed by atoms with van der Waals surface area (Å²) in [6.07, 6.45) is -0.0714. The van der Waals surface area contributed by atoms with Crippen LogP contribution in [0, 0.1) is 0 Å². The van der Waals surface area contributed by atoms with Gasteiger partial charge >= 0.3 is 32.8 Å². The van der Waals surface area contributed by atoms with Crippen molar-refractivity contribution in [3.05, 3.63) is 0 Å². The highest BCUT2D eigenvalue weighted by molar-refractivity contribution is 7.74. The van der Waals surface area contributed by atoms with Crippen molar-refractivity contribution in [3.63, 3.8) is 0 Å². The van der Waals surface area contributed by atoms with Crippen LogP contribution in [-0.4, -0.2) is 90.6 Å². The summed E-state index contributed by atoms with van der Waals surface area (Å²) in [5.74, 6) is 0. The molecule has 0 bridgehead atoms. The molecule has 0 unspecified atom stereocenters. The molecule has 0 rings (SSSR count). The zero-order valence-electron chi connectivity index (χ0n) is 24.4. The van der Waals surface area contributed by atoms with Crippen LogP contribution in [-0.2, 0) is 53.8 Å².